The monoisotopic (exact) mass is 310 g/mol. The number of nitrogens with zero attached hydrogens (tertiary/aromatic N) is 1. The summed E-state index contributed by atoms with van der Waals surface area (Å²) in [6, 6.07) is 9.44. The molecule has 0 aliphatic heterocycles. The lowest BCUT2D eigenvalue weighted by atomic mass is 9.45. The Balaban J connectivity index is 1.56. The van der Waals surface area contributed by atoms with Crippen molar-refractivity contribution in [2.75, 3.05) is 5.32 Å². The Morgan fingerprint density at radius 1 is 1.17 bits per heavy atom. The zero-order valence-corrected chi connectivity index (χ0v) is 12.7. The third-order valence-corrected chi connectivity index (χ3v) is 5.46. The lowest BCUT2D eigenvalue weighted by molar-refractivity contribution is -0.178. The van der Waals surface area contributed by atoms with E-state index >= 15 is 0 Å². The quantitative estimate of drug-likeness (QED) is 0.853. The number of amides is 1. The Morgan fingerprint density at radius 2 is 1.91 bits per heavy atom. The summed E-state index contributed by atoms with van der Waals surface area (Å²) in [4.78, 5) is 28.6. The van der Waals surface area contributed by atoms with E-state index in [0.29, 0.717) is 18.5 Å². The van der Waals surface area contributed by atoms with Gasteiger partial charge in [0.2, 0.25) is 5.91 Å². The van der Waals surface area contributed by atoms with Gasteiger partial charge in [-0.05, 0) is 43.2 Å². The molecule has 5 heteroatoms. The van der Waals surface area contributed by atoms with Crippen molar-refractivity contribution in [3.05, 3.63) is 36.5 Å². The van der Waals surface area contributed by atoms with Gasteiger partial charge in [-0.2, -0.15) is 0 Å². The van der Waals surface area contributed by atoms with Crippen LogP contribution in [-0.4, -0.2) is 22.0 Å². The fourth-order valence-corrected chi connectivity index (χ4v) is 4.06. The predicted octanol–water partition coefficient (Wildman–Crippen LogP) is 3.21. The van der Waals surface area contributed by atoms with E-state index in [1.807, 2.05) is 30.3 Å². The van der Waals surface area contributed by atoms with E-state index in [1.165, 1.54) is 0 Å². The minimum atomic E-state index is -1.27. The lowest BCUT2D eigenvalue weighted by Gasteiger charge is -2.58. The van der Waals surface area contributed by atoms with Gasteiger partial charge >= 0.3 is 5.97 Å². The second-order valence-electron chi connectivity index (χ2n) is 6.97. The van der Waals surface area contributed by atoms with Crippen LogP contribution in [0.5, 0.6) is 0 Å². The minimum Gasteiger partial charge on any atom is -0.480 e. The van der Waals surface area contributed by atoms with Crippen LogP contribution < -0.4 is 5.32 Å². The molecule has 2 N–H and O–H groups in total. The van der Waals surface area contributed by atoms with E-state index in [2.05, 4.69) is 10.3 Å². The van der Waals surface area contributed by atoms with Crippen molar-refractivity contribution in [3.63, 3.8) is 0 Å². The highest BCUT2D eigenvalue weighted by Crippen LogP contribution is 2.64. The van der Waals surface area contributed by atoms with Gasteiger partial charge < -0.3 is 10.4 Å². The summed E-state index contributed by atoms with van der Waals surface area (Å²) in [5.74, 6) is -1.43. The van der Waals surface area contributed by atoms with Crippen molar-refractivity contribution in [2.45, 2.75) is 32.1 Å². The van der Waals surface area contributed by atoms with Crippen LogP contribution in [0.15, 0.2) is 36.5 Å². The second kappa shape index (κ2) is 4.78. The first-order valence-corrected chi connectivity index (χ1v) is 7.93. The van der Waals surface area contributed by atoms with Gasteiger partial charge in [0.1, 0.15) is 5.41 Å². The summed E-state index contributed by atoms with van der Waals surface area (Å²) in [6.07, 6.45) is 5.74. The Kier molecular flexibility index (Phi) is 2.95. The number of carboxylic acid groups (broad SMARTS) is 1. The van der Waals surface area contributed by atoms with Crippen molar-refractivity contribution < 1.29 is 14.7 Å². The molecule has 2 saturated carbocycles. The summed E-state index contributed by atoms with van der Waals surface area (Å²) in [5, 5.41) is 13.3. The molecule has 1 heterocycles. The molecule has 1 amide bonds. The topological polar surface area (TPSA) is 79.3 Å². The van der Waals surface area contributed by atoms with Crippen LogP contribution in [0.4, 0.5) is 5.69 Å². The maximum absolute atomic E-state index is 12.6. The Hall–Kier alpha value is -2.43. The van der Waals surface area contributed by atoms with Gasteiger partial charge in [-0.15, -0.1) is 0 Å². The number of aliphatic carboxylic acids is 1. The van der Waals surface area contributed by atoms with E-state index in [9.17, 15) is 14.7 Å². The van der Waals surface area contributed by atoms with Crippen molar-refractivity contribution >= 4 is 28.5 Å². The SMILES string of the molecule is O=C(O)C1(C(=O)Nc2cnc3ccccc3c2)CC2(CCC2)C1. The summed E-state index contributed by atoms with van der Waals surface area (Å²) in [6.45, 7) is 0. The van der Waals surface area contributed by atoms with Crippen LogP contribution in [0.3, 0.4) is 0 Å². The molecule has 0 unspecified atom stereocenters. The van der Waals surface area contributed by atoms with Crippen LogP contribution in [0.2, 0.25) is 0 Å². The number of rotatable bonds is 3. The van der Waals surface area contributed by atoms with Gasteiger partial charge in [0, 0.05) is 5.39 Å². The zero-order chi connectivity index (χ0) is 16.1. The van der Waals surface area contributed by atoms with Gasteiger partial charge in [0.05, 0.1) is 17.4 Å². The standard InChI is InChI=1S/C18H18N2O3/c21-15(18(16(22)23)10-17(11-18)6-3-7-17)20-13-8-12-4-1-2-5-14(12)19-9-13/h1-2,4-5,8-9H,3,6-7,10-11H2,(H,20,21)(H,22,23). The molecule has 0 atom stereocenters. The van der Waals surface area contributed by atoms with Crippen molar-refractivity contribution in [1.82, 2.24) is 4.98 Å². The molecule has 2 aliphatic carbocycles. The molecule has 1 spiro atoms. The maximum atomic E-state index is 12.6. The van der Waals surface area contributed by atoms with E-state index in [1.54, 1.807) is 6.20 Å². The van der Waals surface area contributed by atoms with E-state index in [0.717, 1.165) is 30.2 Å². The van der Waals surface area contributed by atoms with Crippen LogP contribution in [0.25, 0.3) is 10.9 Å². The van der Waals surface area contributed by atoms with Gasteiger partial charge in [-0.1, -0.05) is 24.6 Å². The molecule has 2 aliphatic rings. The number of hydrogen-bond acceptors (Lipinski definition) is 3. The number of carbonyl (C=O) groups is 2. The molecule has 4 rings (SSSR count). The molecule has 0 saturated heterocycles. The molecular formula is C18H18N2O3. The van der Waals surface area contributed by atoms with Gasteiger partial charge in [0.15, 0.2) is 0 Å². The second-order valence-corrected chi connectivity index (χ2v) is 6.97. The average Bonchev–Trinajstić information content (AvgIpc) is 2.44. The van der Waals surface area contributed by atoms with Crippen molar-refractivity contribution in [1.29, 1.82) is 0 Å². The first kappa shape index (κ1) is 14.2. The number of nitrogens with one attached hydrogen (secondary N) is 1. The summed E-state index contributed by atoms with van der Waals surface area (Å²) in [7, 11) is 0. The fraction of sp³-hybridized carbons (Fsp3) is 0.389. The van der Waals surface area contributed by atoms with Gasteiger partial charge in [-0.3, -0.25) is 14.6 Å². The Morgan fingerprint density at radius 3 is 2.57 bits per heavy atom. The molecule has 2 fully saturated rings. The van der Waals surface area contributed by atoms with E-state index in [-0.39, 0.29) is 5.41 Å². The Bertz CT molecular complexity index is 803. The number of fused-ring (bicyclic) bond motifs is 1. The number of carboxylic acids is 1. The van der Waals surface area contributed by atoms with Crippen LogP contribution in [0.1, 0.15) is 32.1 Å². The third kappa shape index (κ3) is 2.11. The highest BCUT2D eigenvalue weighted by Gasteiger charge is 2.64. The number of aromatic nitrogens is 1. The van der Waals surface area contributed by atoms with E-state index in [4.69, 9.17) is 0 Å². The number of benzene rings is 1. The molecule has 0 bridgehead atoms. The normalized spacial score (nSPS) is 20.5. The highest BCUT2D eigenvalue weighted by molar-refractivity contribution is 6.09. The molecule has 5 nitrogen and oxygen atoms in total. The van der Waals surface area contributed by atoms with Gasteiger partial charge in [-0.25, -0.2) is 0 Å². The molecule has 0 radical (unpaired) electrons. The predicted molar refractivity (Wildman–Crippen MR) is 86.0 cm³/mol. The Labute approximate surface area is 133 Å². The van der Waals surface area contributed by atoms with Crippen LogP contribution in [0, 0.1) is 10.8 Å². The third-order valence-electron chi connectivity index (χ3n) is 5.46. The minimum absolute atomic E-state index is 0.108. The zero-order valence-electron chi connectivity index (χ0n) is 12.7. The lowest BCUT2D eigenvalue weighted by Crippen LogP contribution is -2.59. The molecule has 118 valence electrons. The first-order chi connectivity index (χ1) is 11.0. The van der Waals surface area contributed by atoms with E-state index < -0.39 is 17.3 Å². The average molecular weight is 310 g/mol. The van der Waals surface area contributed by atoms with Crippen molar-refractivity contribution in [3.8, 4) is 0 Å². The molecule has 1 aromatic heterocycles. The smallest absolute Gasteiger partial charge is 0.319 e. The maximum Gasteiger partial charge on any atom is 0.319 e. The van der Waals surface area contributed by atoms with Crippen LogP contribution >= 0.6 is 0 Å². The molecule has 23 heavy (non-hydrogen) atoms. The van der Waals surface area contributed by atoms with Gasteiger partial charge in [0.25, 0.3) is 0 Å². The molecular weight excluding hydrogens is 292 g/mol. The largest absolute Gasteiger partial charge is 0.480 e. The molecule has 1 aromatic carbocycles. The highest BCUT2D eigenvalue weighted by atomic mass is 16.4. The van der Waals surface area contributed by atoms with Crippen LogP contribution in [-0.2, 0) is 9.59 Å². The summed E-state index contributed by atoms with van der Waals surface area (Å²) < 4.78 is 0. The fourth-order valence-electron chi connectivity index (χ4n) is 4.06. The number of anilines is 1. The summed E-state index contributed by atoms with van der Waals surface area (Å²) >= 11 is 0. The van der Waals surface area contributed by atoms with Crippen molar-refractivity contribution in [2.24, 2.45) is 10.8 Å². The number of hydrogen-bond donors (Lipinski definition) is 2. The number of carbonyl (C=O) groups excluding carboxylic acids is 1. The molecule has 2 aromatic rings. The summed E-state index contributed by atoms with van der Waals surface area (Å²) in [5.41, 5.74) is 0.225. The number of pyridine rings is 1. The first-order valence-electron chi connectivity index (χ1n) is 7.93. The number of para-hydroxylation sites is 1.